The minimum Gasteiger partial charge on any atom is -0.377 e. The highest BCUT2D eigenvalue weighted by molar-refractivity contribution is 5.78. The zero-order chi connectivity index (χ0) is 14.4. The Morgan fingerprint density at radius 1 is 1.45 bits per heavy atom. The second-order valence-corrected chi connectivity index (χ2v) is 5.42. The van der Waals surface area contributed by atoms with Gasteiger partial charge in [0, 0.05) is 19.2 Å². The summed E-state index contributed by atoms with van der Waals surface area (Å²) in [6.07, 6.45) is 2.45. The summed E-state index contributed by atoms with van der Waals surface area (Å²) < 4.78 is 5.60. The van der Waals surface area contributed by atoms with Crippen LogP contribution in [0.4, 0.5) is 0 Å². The fourth-order valence-electron chi connectivity index (χ4n) is 2.45. The van der Waals surface area contributed by atoms with E-state index >= 15 is 0 Å². The van der Waals surface area contributed by atoms with E-state index in [2.05, 4.69) is 30.5 Å². The van der Waals surface area contributed by atoms with Gasteiger partial charge in [-0.2, -0.15) is 0 Å². The number of aryl methyl sites for hydroxylation is 1. The lowest BCUT2D eigenvalue weighted by atomic mass is 10.1. The largest absolute Gasteiger partial charge is 0.377 e. The molecule has 1 saturated heterocycles. The summed E-state index contributed by atoms with van der Waals surface area (Å²) in [5, 5.41) is 6.18. The van der Waals surface area contributed by atoms with Crippen molar-refractivity contribution in [3.63, 3.8) is 0 Å². The van der Waals surface area contributed by atoms with E-state index in [1.165, 1.54) is 5.56 Å². The topological polar surface area (TPSA) is 50.4 Å². The molecule has 1 aliphatic rings. The molecule has 1 aromatic carbocycles. The standard InChI is InChI=1S/C16H24N2O2/c1-12-6-3-4-7-14(12)10-18-16(19)11-17-13(2)15-8-5-9-20-15/h3-4,6-7,13,15,17H,5,8-11H2,1-2H3,(H,18,19)/t13-,15-/m0/s1. The molecule has 1 aliphatic heterocycles. The Kier molecular flexibility index (Phi) is 5.56. The molecule has 4 heteroatoms. The maximum Gasteiger partial charge on any atom is 0.234 e. The Bertz CT molecular complexity index is 442. The van der Waals surface area contributed by atoms with Crippen LogP contribution in [-0.2, 0) is 16.1 Å². The number of amides is 1. The third-order valence-electron chi connectivity index (χ3n) is 3.84. The molecule has 1 aromatic rings. The van der Waals surface area contributed by atoms with Crippen LogP contribution in [-0.4, -0.2) is 31.2 Å². The summed E-state index contributed by atoms with van der Waals surface area (Å²) in [7, 11) is 0. The quantitative estimate of drug-likeness (QED) is 0.832. The van der Waals surface area contributed by atoms with Gasteiger partial charge in [0.15, 0.2) is 0 Å². The van der Waals surface area contributed by atoms with Crippen LogP contribution < -0.4 is 10.6 Å². The molecule has 1 amide bonds. The van der Waals surface area contributed by atoms with E-state index < -0.39 is 0 Å². The van der Waals surface area contributed by atoms with Gasteiger partial charge >= 0.3 is 0 Å². The molecule has 20 heavy (non-hydrogen) atoms. The smallest absolute Gasteiger partial charge is 0.234 e. The summed E-state index contributed by atoms with van der Waals surface area (Å²) in [4.78, 5) is 11.8. The maximum atomic E-state index is 11.8. The highest BCUT2D eigenvalue weighted by Gasteiger charge is 2.22. The highest BCUT2D eigenvalue weighted by Crippen LogP contribution is 2.15. The molecule has 0 bridgehead atoms. The molecule has 2 rings (SSSR count). The molecule has 0 aliphatic carbocycles. The molecule has 0 radical (unpaired) electrons. The van der Waals surface area contributed by atoms with E-state index in [4.69, 9.17) is 4.74 Å². The van der Waals surface area contributed by atoms with Crippen LogP contribution in [0, 0.1) is 6.92 Å². The molecule has 1 heterocycles. The van der Waals surface area contributed by atoms with Crippen molar-refractivity contribution in [1.82, 2.24) is 10.6 Å². The molecular formula is C16H24N2O2. The lowest BCUT2D eigenvalue weighted by molar-refractivity contribution is -0.120. The molecule has 0 unspecified atom stereocenters. The number of ether oxygens (including phenoxy) is 1. The van der Waals surface area contributed by atoms with Gasteiger partial charge in [0.05, 0.1) is 12.6 Å². The molecule has 0 aromatic heterocycles. The van der Waals surface area contributed by atoms with Crippen molar-refractivity contribution in [2.75, 3.05) is 13.2 Å². The average Bonchev–Trinajstić information content (AvgIpc) is 2.98. The van der Waals surface area contributed by atoms with Crippen molar-refractivity contribution in [1.29, 1.82) is 0 Å². The number of hydrogen-bond acceptors (Lipinski definition) is 3. The zero-order valence-corrected chi connectivity index (χ0v) is 12.3. The lowest BCUT2D eigenvalue weighted by Gasteiger charge is -2.19. The minimum absolute atomic E-state index is 0.0260. The average molecular weight is 276 g/mol. The molecule has 4 nitrogen and oxygen atoms in total. The van der Waals surface area contributed by atoms with Crippen LogP contribution in [0.5, 0.6) is 0 Å². The first-order valence-corrected chi connectivity index (χ1v) is 7.33. The Hall–Kier alpha value is -1.39. The van der Waals surface area contributed by atoms with Gasteiger partial charge in [-0.25, -0.2) is 0 Å². The van der Waals surface area contributed by atoms with Crippen LogP contribution in [0.15, 0.2) is 24.3 Å². The molecular weight excluding hydrogens is 252 g/mol. The first kappa shape index (κ1) is 15.0. The Balaban J connectivity index is 1.69. The Morgan fingerprint density at radius 2 is 2.25 bits per heavy atom. The van der Waals surface area contributed by atoms with E-state index in [-0.39, 0.29) is 18.1 Å². The number of carbonyl (C=O) groups is 1. The predicted octanol–water partition coefficient (Wildman–Crippen LogP) is 1.77. The Labute approximate surface area is 120 Å². The van der Waals surface area contributed by atoms with E-state index in [9.17, 15) is 4.79 Å². The monoisotopic (exact) mass is 276 g/mol. The van der Waals surface area contributed by atoms with Crippen LogP contribution >= 0.6 is 0 Å². The number of nitrogens with one attached hydrogen (secondary N) is 2. The van der Waals surface area contributed by atoms with Gasteiger partial charge in [-0.1, -0.05) is 24.3 Å². The van der Waals surface area contributed by atoms with E-state index in [1.807, 2.05) is 18.2 Å². The van der Waals surface area contributed by atoms with Crippen LogP contribution in [0.1, 0.15) is 30.9 Å². The van der Waals surface area contributed by atoms with Crippen molar-refractivity contribution in [2.45, 2.75) is 45.4 Å². The molecule has 1 fully saturated rings. The van der Waals surface area contributed by atoms with Crippen molar-refractivity contribution in [3.8, 4) is 0 Å². The van der Waals surface area contributed by atoms with Crippen molar-refractivity contribution in [3.05, 3.63) is 35.4 Å². The predicted molar refractivity (Wildman–Crippen MR) is 79.5 cm³/mol. The van der Waals surface area contributed by atoms with Gasteiger partial charge in [-0.15, -0.1) is 0 Å². The van der Waals surface area contributed by atoms with Gasteiger partial charge < -0.3 is 15.4 Å². The molecule has 2 atom stereocenters. The third kappa shape index (κ3) is 4.32. The second kappa shape index (κ2) is 7.41. The lowest BCUT2D eigenvalue weighted by Crippen LogP contribution is -2.43. The van der Waals surface area contributed by atoms with Gasteiger partial charge in [0.2, 0.25) is 5.91 Å². The normalized spacial score (nSPS) is 19.8. The molecule has 0 spiro atoms. The van der Waals surface area contributed by atoms with Gasteiger partial charge in [0.25, 0.3) is 0 Å². The first-order chi connectivity index (χ1) is 9.66. The van der Waals surface area contributed by atoms with Crippen LogP contribution in [0.2, 0.25) is 0 Å². The van der Waals surface area contributed by atoms with Crippen LogP contribution in [0.3, 0.4) is 0 Å². The van der Waals surface area contributed by atoms with Gasteiger partial charge in [-0.05, 0) is 37.8 Å². The van der Waals surface area contributed by atoms with Crippen LogP contribution in [0.25, 0.3) is 0 Å². The fraction of sp³-hybridized carbons (Fsp3) is 0.562. The number of hydrogen-bond donors (Lipinski definition) is 2. The zero-order valence-electron chi connectivity index (χ0n) is 12.3. The molecule has 2 N–H and O–H groups in total. The van der Waals surface area contributed by atoms with E-state index in [0.29, 0.717) is 13.1 Å². The second-order valence-electron chi connectivity index (χ2n) is 5.42. The molecule has 110 valence electrons. The highest BCUT2D eigenvalue weighted by atomic mass is 16.5. The summed E-state index contributed by atoms with van der Waals surface area (Å²) in [6, 6.07) is 8.32. The fourth-order valence-corrected chi connectivity index (χ4v) is 2.45. The van der Waals surface area contributed by atoms with E-state index in [1.54, 1.807) is 0 Å². The van der Waals surface area contributed by atoms with Crippen molar-refractivity contribution < 1.29 is 9.53 Å². The maximum absolute atomic E-state index is 11.8. The summed E-state index contributed by atoms with van der Waals surface area (Å²) >= 11 is 0. The third-order valence-corrected chi connectivity index (χ3v) is 3.84. The van der Waals surface area contributed by atoms with Crippen molar-refractivity contribution in [2.24, 2.45) is 0 Å². The first-order valence-electron chi connectivity index (χ1n) is 7.33. The van der Waals surface area contributed by atoms with Crippen molar-refractivity contribution >= 4 is 5.91 Å². The summed E-state index contributed by atoms with van der Waals surface area (Å²) in [5.74, 6) is 0.0260. The summed E-state index contributed by atoms with van der Waals surface area (Å²) in [5.41, 5.74) is 2.36. The number of rotatable bonds is 6. The Morgan fingerprint density at radius 3 is 2.95 bits per heavy atom. The molecule has 0 saturated carbocycles. The van der Waals surface area contributed by atoms with E-state index in [0.717, 1.165) is 25.0 Å². The minimum atomic E-state index is 0.0260. The number of carbonyl (C=O) groups excluding carboxylic acids is 1. The van der Waals surface area contributed by atoms with Gasteiger partial charge in [0.1, 0.15) is 0 Å². The summed E-state index contributed by atoms with van der Waals surface area (Å²) in [6.45, 7) is 5.90. The SMILES string of the molecule is Cc1ccccc1CNC(=O)CN[C@@H](C)[C@@H]1CCCO1. The van der Waals surface area contributed by atoms with Gasteiger partial charge in [-0.3, -0.25) is 4.79 Å². The number of benzene rings is 1.